The van der Waals surface area contributed by atoms with Crippen molar-refractivity contribution in [3.8, 4) is 23.0 Å². The van der Waals surface area contributed by atoms with Gasteiger partial charge in [-0.15, -0.1) is 0 Å². The number of hydrogen-bond donors (Lipinski definition) is 4. The van der Waals surface area contributed by atoms with Crippen LogP contribution in [0.1, 0.15) is 24.0 Å². The van der Waals surface area contributed by atoms with Crippen molar-refractivity contribution in [3.63, 3.8) is 0 Å². The van der Waals surface area contributed by atoms with E-state index in [9.17, 15) is 10.2 Å². The maximum Gasteiger partial charge on any atom is 3.00 e. The van der Waals surface area contributed by atoms with Crippen LogP contribution in [0.4, 0.5) is 0 Å². The van der Waals surface area contributed by atoms with Crippen molar-refractivity contribution in [2.45, 2.75) is 12.8 Å². The third kappa shape index (κ3) is 11.3. The molecule has 0 radical (unpaired) electrons. The molecule has 9 heteroatoms. The van der Waals surface area contributed by atoms with Gasteiger partial charge in [-0.2, -0.15) is 0 Å². The largest absolute Gasteiger partial charge is 3.00 e. The van der Waals surface area contributed by atoms with Gasteiger partial charge >= 0.3 is 19.8 Å². The smallest absolute Gasteiger partial charge is 0.507 e. The van der Waals surface area contributed by atoms with Gasteiger partial charge in [-0.25, -0.2) is 0 Å². The topological polar surface area (TPSA) is 108 Å². The van der Waals surface area contributed by atoms with Crippen molar-refractivity contribution in [2.24, 2.45) is 9.98 Å². The quantitative estimate of drug-likeness (QED) is 0.166. The Morgan fingerprint density at radius 2 is 1.15 bits per heavy atom. The molecule has 0 bridgehead atoms. The summed E-state index contributed by atoms with van der Waals surface area (Å²) in [7, 11) is 3.14. The van der Waals surface area contributed by atoms with Gasteiger partial charge in [-0.3, -0.25) is 9.98 Å². The van der Waals surface area contributed by atoms with E-state index in [1.165, 1.54) is 0 Å². The summed E-state index contributed by atoms with van der Waals surface area (Å²) in [6.45, 7) is 4.98. The monoisotopic (exact) mass is 511 g/mol. The fourth-order valence-corrected chi connectivity index (χ4v) is 2.86. The molecular formula is C24H34GaN4O4+3. The van der Waals surface area contributed by atoms with E-state index >= 15 is 0 Å². The van der Waals surface area contributed by atoms with E-state index in [2.05, 4.69) is 20.6 Å². The number of hydrogen-bond acceptors (Lipinski definition) is 8. The van der Waals surface area contributed by atoms with Crippen LogP contribution >= 0.6 is 0 Å². The summed E-state index contributed by atoms with van der Waals surface area (Å²) in [6.07, 6.45) is 5.24. The third-order valence-electron chi connectivity index (χ3n) is 4.70. The predicted octanol–water partition coefficient (Wildman–Crippen LogP) is 2.23. The minimum Gasteiger partial charge on any atom is -0.507 e. The first-order chi connectivity index (χ1) is 15.6. The van der Waals surface area contributed by atoms with E-state index in [1.807, 2.05) is 0 Å². The summed E-state index contributed by atoms with van der Waals surface area (Å²) in [5.41, 5.74) is 1.38. The summed E-state index contributed by atoms with van der Waals surface area (Å²) >= 11 is 0. The summed E-state index contributed by atoms with van der Waals surface area (Å²) < 4.78 is 10.1. The Hall–Kier alpha value is -2.46. The second-order valence-electron chi connectivity index (χ2n) is 7.13. The molecule has 0 aromatic heterocycles. The molecule has 0 fully saturated rings. The Balaban J connectivity index is 0.00000544. The molecule has 2 rings (SSSR count). The molecule has 0 aliphatic rings. The van der Waals surface area contributed by atoms with Crippen LogP contribution in [0.5, 0.6) is 23.0 Å². The van der Waals surface area contributed by atoms with Crippen molar-refractivity contribution < 1.29 is 19.7 Å². The van der Waals surface area contributed by atoms with Gasteiger partial charge in [0, 0.05) is 61.9 Å². The Morgan fingerprint density at radius 1 is 0.727 bits per heavy atom. The van der Waals surface area contributed by atoms with Gasteiger partial charge in [0.15, 0.2) is 0 Å². The SMILES string of the molecule is COc1ccc(C=NCCCNCCNCCCN=Cc2ccc(OC)cc2O)c(O)c1.[Ga+3]. The Morgan fingerprint density at radius 3 is 1.52 bits per heavy atom. The molecule has 0 saturated carbocycles. The number of ether oxygens (including phenoxy) is 2. The Kier molecular flexibility index (Phi) is 14.8. The Bertz CT molecular complexity index is 806. The zero-order valence-corrected chi connectivity index (χ0v) is 21.9. The average molecular weight is 512 g/mol. The zero-order valence-electron chi connectivity index (χ0n) is 19.5. The molecule has 0 spiro atoms. The maximum atomic E-state index is 9.88. The minimum atomic E-state index is 0. The molecule has 174 valence electrons. The van der Waals surface area contributed by atoms with Crippen LogP contribution in [-0.4, -0.2) is 95.9 Å². The van der Waals surface area contributed by atoms with Gasteiger partial charge in [0.25, 0.3) is 0 Å². The standard InChI is InChI=1S/C24H34N4O4.Ga/c1-31-21-7-5-19(23(29)15-21)17-27-11-3-9-25-13-14-26-10-4-12-28-18-20-6-8-22(32-2)16-24(20)30;/h5-8,15-18,25-26,29-30H,3-4,9-14H2,1-2H3;/q;+3. The van der Waals surface area contributed by atoms with Gasteiger partial charge < -0.3 is 30.3 Å². The molecule has 0 unspecified atom stereocenters. The molecule has 4 N–H and O–H groups in total. The molecule has 0 heterocycles. The minimum absolute atomic E-state index is 0. The number of phenolic OH excluding ortho intramolecular Hbond substituents is 2. The van der Waals surface area contributed by atoms with Crippen molar-refractivity contribution >= 4 is 32.2 Å². The molecule has 33 heavy (non-hydrogen) atoms. The van der Waals surface area contributed by atoms with Crippen LogP contribution in [0, 0.1) is 0 Å². The number of methoxy groups -OCH3 is 2. The van der Waals surface area contributed by atoms with E-state index < -0.39 is 0 Å². The molecule has 0 aliphatic carbocycles. The van der Waals surface area contributed by atoms with Gasteiger partial charge in [-0.05, 0) is 50.2 Å². The van der Waals surface area contributed by atoms with Crippen LogP contribution in [-0.2, 0) is 0 Å². The number of rotatable bonds is 15. The van der Waals surface area contributed by atoms with Gasteiger partial charge in [0.2, 0.25) is 0 Å². The number of aromatic hydroxyl groups is 2. The number of nitrogens with one attached hydrogen (secondary N) is 2. The zero-order chi connectivity index (χ0) is 23.0. The van der Waals surface area contributed by atoms with Crippen molar-refractivity contribution in [1.29, 1.82) is 0 Å². The van der Waals surface area contributed by atoms with Crippen LogP contribution in [0.2, 0.25) is 0 Å². The summed E-state index contributed by atoms with van der Waals surface area (Å²) in [6, 6.07) is 10.3. The first kappa shape index (κ1) is 28.6. The summed E-state index contributed by atoms with van der Waals surface area (Å²) in [5.74, 6) is 1.59. The fraction of sp³-hybridized carbons (Fsp3) is 0.417. The predicted molar refractivity (Wildman–Crippen MR) is 135 cm³/mol. The van der Waals surface area contributed by atoms with Gasteiger partial charge in [0.1, 0.15) is 23.0 Å². The molecule has 0 saturated heterocycles. The second-order valence-corrected chi connectivity index (χ2v) is 7.13. The first-order valence-electron chi connectivity index (χ1n) is 10.8. The number of benzene rings is 2. The van der Waals surface area contributed by atoms with Crippen molar-refractivity contribution in [2.75, 3.05) is 53.5 Å². The molecule has 2 aromatic carbocycles. The Labute approximate surface area is 209 Å². The molecular weight excluding hydrogens is 478 g/mol. The van der Waals surface area contributed by atoms with Gasteiger partial charge in [0.05, 0.1) is 14.2 Å². The van der Waals surface area contributed by atoms with E-state index in [-0.39, 0.29) is 31.3 Å². The summed E-state index contributed by atoms with van der Waals surface area (Å²) in [4.78, 5) is 8.71. The number of aliphatic imine (C=N–C) groups is 2. The first-order valence-corrected chi connectivity index (χ1v) is 10.8. The number of phenols is 2. The molecule has 2 aromatic rings. The van der Waals surface area contributed by atoms with Crippen molar-refractivity contribution in [3.05, 3.63) is 47.5 Å². The normalized spacial score (nSPS) is 11.1. The van der Waals surface area contributed by atoms with E-state index in [0.717, 1.165) is 39.0 Å². The van der Waals surface area contributed by atoms with Crippen LogP contribution in [0.15, 0.2) is 46.4 Å². The number of nitrogens with zero attached hydrogens (tertiary/aromatic N) is 2. The van der Waals surface area contributed by atoms with Gasteiger partial charge in [-0.1, -0.05) is 0 Å². The van der Waals surface area contributed by atoms with E-state index in [1.54, 1.807) is 63.0 Å². The average Bonchev–Trinajstić information content (AvgIpc) is 2.80. The third-order valence-corrected chi connectivity index (χ3v) is 4.70. The van der Waals surface area contributed by atoms with Crippen molar-refractivity contribution in [1.82, 2.24) is 10.6 Å². The van der Waals surface area contributed by atoms with E-state index in [0.29, 0.717) is 35.7 Å². The summed E-state index contributed by atoms with van der Waals surface area (Å²) in [5, 5.41) is 26.5. The fourth-order valence-electron chi connectivity index (χ4n) is 2.86. The van der Waals surface area contributed by atoms with Crippen LogP contribution in [0.25, 0.3) is 0 Å². The molecule has 8 nitrogen and oxygen atoms in total. The molecule has 0 amide bonds. The second kappa shape index (κ2) is 17.1. The van der Waals surface area contributed by atoms with Crippen LogP contribution in [0.3, 0.4) is 0 Å². The maximum absolute atomic E-state index is 9.88. The molecule has 0 aliphatic heterocycles. The van der Waals surface area contributed by atoms with E-state index in [4.69, 9.17) is 9.47 Å². The molecule has 0 atom stereocenters. The van der Waals surface area contributed by atoms with Crippen LogP contribution < -0.4 is 20.1 Å².